The number of rotatable bonds is 6. The van der Waals surface area contributed by atoms with Crippen molar-refractivity contribution in [3.8, 4) is 0 Å². The van der Waals surface area contributed by atoms with Crippen LogP contribution in [0.5, 0.6) is 0 Å². The summed E-state index contributed by atoms with van der Waals surface area (Å²) in [6.45, 7) is 2.48. The first kappa shape index (κ1) is 15.5. The summed E-state index contributed by atoms with van der Waals surface area (Å²) >= 11 is 1.40. The first-order valence-corrected chi connectivity index (χ1v) is 8.33. The predicted octanol–water partition coefficient (Wildman–Crippen LogP) is 1.88. The fraction of sp³-hybridized carbons (Fsp3) is 0.250. The highest BCUT2D eigenvalue weighted by Crippen LogP contribution is 2.15. The van der Waals surface area contributed by atoms with E-state index in [1.54, 1.807) is 4.52 Å². The minimum absolute atomic E-state index is 0.00769. The lowest BCUT2D eigenvalue weighted by Gasteiger charge is -2.05. The van der Waals surface area contributed by atoms with Gasteiger partial charge in [-0.25, -0.2) is 0 Å². The second-order valence-electron chi connectivity index (χ2n) is 5.06. The number of nitrogens with one attached hydrogen (secondary N) is 1. The molecule has 0 bridgehead atoms. The third-order valence-corrected chi connectivity index (χ3v) is 4.24. The van der Waals surface area contributed by atoms with E-state index in [0.29, 0.717) is 17.9 Å². The van der Waals surface area contributed by atoms with Gasteiger partial charge in [0.05, 0.1) is 5.75 Å². The molecular weight excluding hydrogens is 310 g/mol. The highest BCUT2D eigenvalue weighted by atomic mass is 32.2. The fourth-order valence-electron chi connectivity index (χ4n) is 2.14. The molecule has 0 aliphatic carbocycles. The van der Waals surface area contributed by atoms with Crippen molar-refractivity contribution >= 4 is 23.3 Å². The van der Waals surface area contributed by atoms with E-state index in [9.17, 15) is 4.79 Å². The second-order valence-corrected chi connectivity index (χ2v) is 6.06. The molecule has 118 valence electrons. The van der Waals surface area contributed by atoms with E-state index in [0.717, 1.165) is 17.3 Å². The highest BCUT2D eigenvalue weighted by molar-refractivity contribution is 7.99. The molecule has 23 heavy (non-hydrogen) atoms. The van der Waals surface area contributed by atoms with Crippen LogP contribution in [0.4, 0.5) is 0 Å². The first-order chi connectivity index (χ1) is 11.2. The molecular formula is C16H17N5OS. The highest BCUT2D eigenvalue weighted by Gasteiger charge is 2.07. The number of amides is 1. The second kappa shape index (κ2) is 7.23. The van der Waals surface area contributed by atoms with Gasteiger partial charge in [-0.15, -0.1) is 10.2 Å². The van der Waals surface area contributed by atoms with E-state index in [1.807, 2.05) is 37.3 Å². The lowest BCUT2D eigenvalue weighted by Crippen LogP contribution is -2.27. The van der Waals surface area contributed by atoms with Gasteiger partial charge < -0.3 is 5.32 Å². The van der Waals surface area contributed by atoms with Gasteiger partial charge in [-0.05, 0) is 31.0 Å². The van der Waals surface area contributed by atoms with E-state index in [-0.39, 0.29) is 5.91 Å². The summed E-state index contributed by atoms with van der Waals surface area (Å²) in [7, 11) is 0. The van der Waals surface area contributed by atoms with Gasteiger partial charge in [0.15, 0.2) is 11.5 Å². The molecule has 0 saturated heterocycles. The van der Waals surface area contributed by atoms with Gasteiger partial charge in [0.2, 0.25) is 5.91 Å². The third-order valence-electron chi connectivity index (χ3n) is 3.32. The molecule has 0 fully saturated rings. The normalized spacial score (nSPS) is 10.8. The van der Waals surface area contributed by atoms with Crippen molar-refractivity contribution in [2.75, 3.05) is 12.3 Å². The lowest BCUT2D eigenvalue weighted by molar-refractivity contribution is -0.118. The number of aromatic nitrogens is 4. The van der Waals surface area contributed by atoms with Crippen LogP contribution in [-0.2, 0) is 11.2 Å². The first-order valence-electron chi connectivity index (χ1n) is 7.35. The van der Waals surface area contributed by atoms with Gasteiger partial charge in [-0.2, -0.15) is 9.61 Å². The Balaban J connectivity index is 1.47. The van der Waals surface area contributed by atoms with Crippen molar-refractivity contribution in [1.29, 1.82) is 0 Å². The van der Waals surface area contributed by atoms with Crippen LogP contribution in [0.15, 0.2) is 47.5 Å². The number of thioether (sulfide) groups is 1. The summed E-state index contributed by atoms with van der Waals surface area (Å²) in [6, 6.07) is 13.8. The van der Waals surface area contributed by atoms with E-state index in [4.69, 9.17) is 0 Å². The van der Waals surface area contributed by atoms with Crippen molar-refractivity contribution in [1.82, 2.24) is 25.1 Å². The van der Waals surface area contributed by atoms with Crippen LogP contribution in [-0.4, -0.2) is 38.0 Å². The van der Waals surface area contributed by atoms with Crippen molar-refractivity contribution in [3.05, 3.63) is 53.9 Å². The van der Waals surface area contributed by atoms with Crippen molar-refractivity contribution < 1.29 is 4.79 Å². The molecule has 0 spiro atoms. The zero-order valence-corrected chi connectivity index (χ0v) is 13.6. The minimum Gasteiger partial charge on any atom is -0.355 e. The Hall–Kier alpha value is -2.41. The van der Waals surface area contributed by atoms with Gasteiger partial charge in [-0.1, -0.05) is 42.1 Å². The largest absolute Gasteiger partial charge is 0.355 e. The Morgan fingerprint density at radius 1 is 1.17 bits per heavy atom. The number of carbonyl (C=O) groups excluding carboxylic acids is 1. The van der Waals surface area contributed by atoms with Crippen LogP contribution >= 0.6 is 11.8 Å². The van der Waals surface area contributed by atoms with Crippen molar-refractivity contribution in [3.63, 3.8) is 0 Å². The number of aryl methyl sites for hydroxylation is 1. The Bertz CT molecular complexity index is 803. The molecule has 6 nitrogen and oxygen atoms in total. The maximum absolute atomic E-state index is 11.9. The molecule has 3 rings (SSSR count). The molecule has 0 radical (unpaired) electrons. The number of benzene rings is 1. The summed E-state index contributed by atoms with van der Waals surface area (Å²) in [6.07, 6.45) is 0.835. The summed E-state index contributed by atoms with van der Waals surface area (Å²) in [5.74, 6) is 1.08. The van der Waals surface area contributed by atoms with Crippen LogP contribution in [0.1, 0.15) is 11.4 Å². The van der Waals surface area contributed by atoms with Crippen LogP contribution < -0.4 is 5.32 Å². The minimum atomic E-state index is 0.00769. The molecule has 1 N–H and O–H groups in total. The Morgan fingerprint density at radius 3 is 2.83 bits per heavy atom. The smallest absolute Gasteiger partial charge is 0.230 e. The molecule has 1 aromatic carbocycles. The Morgan fingerprint density at radius 2 is 2.00 bits per heavy atom. The van der Waals surface area contributed by atoms with Gasteiger partial charge in [0.1, 0.15) is 5.03 Å². The average Bonchev–Trinajstić information content (AvgIpc) is 2.95. The molecule has 0 unspecified atom stereocenters. The molecule has 7 heteroatoms. The summed E-state index contributed by atoms with van der Waals surface area (Å²) in [5, 5.41) is 16.1. The molecule has 0 aliphatic heterocycles. The van der Waals surface area contributed by atoms with Gasteiger partial charge in [0, 0.05) is 6.54 Å². The number of fused-ring (bicyclic) bond motifs is 1. The standard InChI is InChI=1S/C16H17N5OS/c1-12-18-19-14-7-8-16(20-21(12)14)23-11-15(22)17-10-9-13-5-3-2-4-6-13/h2-8H,9-11H2,1H3,(H,17,22). The number of hydrogen-bond acceptors (Lipinski definition) is 5. The molecule has 1 amide bonds. The lowest BCUT2D eigenvalue weighted by atomic mass is 10.1. The van der Waals surface area contributed by atoms with E-state index in [2.05, 4.69) is 32.7 Å². The third kappa shape index (κ3) is 4.07. The monoisotopic (exact) mass is 327 g/mol. The van der Waals surface area contributed by atoms with Crippen molar-refractivity contribution in [2.45, 2.75) is 18.4 Å². The topological polar surface area (TPSA) is 72.2 Å². The quantitative estimate of drug-likeness (QED) is 0.700. The maximum atomic E-state index is 11.9. The zero-order valence-electron chi connectivity index (χ0n) is 12.8. The van der Waals surface area contributed by atoms with Crippen LogP contribution in [0.25, 0.3) is 5.65 Å². The molecule has 0 atom stereocenters. The van der Waals surface area contributed by atoms with Gasteiger partial charge in [0.25, 0.3) is 0 Å². The zero-order chi connectivity index (χ0) is 16.1. The van der Waals surface area contributed by atoms with Gasteiger partial charge in [-0.3, -0.25) is 4.79 Å². The number of hydrogen-bond donors (Lipinski definition) is 1. The molecule has 0 saturated carbocycles. The Labute approximate surface area is 138 Å². The summed E-state index contributed by atoms with van der Waals surface area (Å²) in [5.41, 5.74) is 1.93. The number of nitrogens with zero attached hydrogens (tertiary/aromatic N) is 4. The van der Waals surface area contributed by atoms with E-state index >= 15 is 0 Å². The van der Waals surface area contributed by atoms with Crippen molar-refractivity contribution in [2.24, 2.45) is 0 Å². The van der Waals surface area contributed by atoms with Crippen LogP contribution in [0.3, 0.4) is 0 Å². The van der Waals surface area contributed by atoms with Crippen LogP contribution in [0, 0.1) is 6.92 Å². The van der Waals surface area contributed by atoms with Gasteiger partial charge >= 0.3 is 0 Å². The molecule has 2 heterocycles. The molecule has 2 aromatic heterocycles. The fourth-order valence-corrected chi connectivity index (χ4v) is 2.82. The van der Waals surface area contributed by atoms with Crippen LogP contribution in [0.2, 0.25) is 0 Å². The summed E-state index contributed by atoms with van der Waals surface area (Å²) < 4.78 is 1.68. The van der Waals surface area contributed by atoms with E-state index < -0.39 is 0 Å². The van der Waals surface area contributed by atoms with E-state index in [1.165, 1.54) is 17.3 Å². The summed E-state index contributed by atoms with van der Waals surface area (Å²) in [4.78, 5) is 11.9. The Kier molecular flexibility index (Phi) is 4.87. The molecule has 0 aliphatic rings. The predicted molar refractivity (Wildman–Crippen MR) is 89.4 cm³/mol. The maximum Gasteiger partial charge on any atom is 0.230 e. The average molecular weight is 327 g/mol. The number of carbonyl (C=O) groups is 1. The molecule has 3 aromatic rings. The SMILES string of the molecule is Cc1nnc2ccc(SCC(=O)NCCc3ccccc3)nn12.